The minimum atomic E-state index is -0.336. The molecule has 1 unspecified atom stereocenters. The first-order valence-electron chi connectivity index (χ1n) is 8.61. The molecule has 1 aromatic carbocycles. The second-order valence-electron chi connectivity index (χ2n) is 5.94. The minimum Gasteiger partial charge on any atom is -0.493 e. The molecule has 0 spiro atoms. The van der Waals surface area contributed by atoms with Crippen molar-refractivity contribution in [3.05, 3.63) is 51.9 Å². The Bertz CT molecular complexity index is 817. The van der Waals surface area contributed by atoms with Crippen molar-refractivity contribution in [1.82, 2.24) is 15.1 Å². The van der Waals surface area contributed by atoms with E-state index in [2.05, 4.69) is 10.4 Å². The quantitative estimate of drug-likeness (QED) is 0.783. The summed E-state index contributed by atoms with van der Waals surface area (Å²) in [4.78, 5) is 24.3. The normalized spacial score (nSPS) is 11.7. The van der Waals surface area contributed by atoms with E-state index in [0.29, 0.717) is 18.0 Å². The maximum absolute atomic E-state index is 12.5. The van der Waals surface area contributed by atoms with E-state index in [4.69, 9.17) is 9.47 Å². The van der Waals surface area contributed by atoms with Gasteiger partial charge in [-0.2, -0.15) is 5.10 Å². The Morgan fingerprint density at radius 2 is 1.92 bits per heavy atom. The van der Waals surface area contributed by atoms with E-state index in [0.717, 1.165) is 18.4 Å². The van der Waals surface area contributed by atoms with Crippen LogP contribution in [0.3, 0.4) is 0 Å². The summed E-state index contributed by atoms with van der Waals surface area (Å²) >= 11 is 0. The molecular formula is C19H25N3O4. The number of methoxy groups -OCH3 is 2. The van der Waals surface area contributed by atoms with Crippen LogP contribution in [0.15, 0.2) is 35.1 Å². The van der Waals surface area contributed by atoms with Crippen molar-refractivity contribution in [1.29, 1.82) is 0 Å². The first-order chi connectivity index (χ1) is 12.5. The van der Waals surface area contributed by atoms with Gasteiger partial charge in [0.25, 0.3) is 11.5 Å². The lowest BCUT2D eigenvalue weighted by atomic mass is 10.1. The van der Waals surface area contributed by atoms with Crippen LogP contribution in [-0.2, 0) is 6.54 Å². The number of unbranched alkanes of at least 4 members (excludes halogenated alkanes) is 1. The van der Waals surface area contributed by atoms with Gasteiger partial charge in [-0.05, 0) is 37.1 Å². The van der Waals surface area contributed by atoms with Gasteiger partial charge in [-0.3, -0.25) is 9.59 Å². The molecule has 2 aromatic rings. The van der Waals surface area contributed by atoms with Gasteiger partial charge >= 0.3 is 0 Å². The van der Waals surface area contributed by atoms with Crippen LogP contribution in [0.25, 0.3) is 0 Å². The molecule has 0 saturated heterocycles. The second-order valence-corrected chi connectivity index (χ2v) is 5.94. The first-order valence-corrected chi connectivity index (χ1v) is 8.61. The van der Waals surface area contributed by atoms with Crippen molar-refractivity contribution in [2.24, 2.45) is 0 Å². The number of hydrogen-bond donors (Lipinski definition) is 1. The highest BCUT2D eigenvalue weighted by Crippen LogP contribution is 2.29. The number of rotatable bonds is 8. The predicted molar refractivity (Wildman–Crippen MR) is 98.8 cm³/mol. The van der Waals surface area contributed by atoms with Gasteiger partial charge in [-0.25, -0.2) is 4.68 Å². The van der Waals surface area contributed by atoms with Crippen LogP contribution in [0, 0.1) is 0 Å². The average Bonchev–Trinajstić information content (AvgIpc) is 2.66. The Morgan fingerprint density at radius 1 is 1.19 bits per heavy atom. The lowest BCUT2D eigenvalue weighted by molar-refractivity contribution is 0.0932. The summed E-state index contributed by atoms with van der Waals surface area (Å²) in [5.41, 5.74) is 0.881. The number of ether oxygens (including phenoxy) is 2. The molecule has 2 rings (SSSR count). The molecule has 7 nitrogen and oxygen atoms in total. The van der Waals surface area contributed by atoms with E-state index in [-0.39, 0.29) is 23.2 Å². The Hall–Kier alpha value is -2.83. The van der Waals surface area contributed by atoms with Crippen LogP contribution in [-0.4, -0.2) is 29.9 Å². The molecule has 1 amide bonds. The fourth-order valence-corrected chi connectivity index (χ4v) is 2.51. The van der Waals surface area contributed by atoms with E-state index in [1.54, 1.807) is 20.3 Å². The minimum absolute atomic E-state index is 0.206. The number of benzene rings is 1. The molecule has 1 aromatic heterocycles. The number of nitrogens with zero attached hydrogens (tertiary/aromatic N) is 2. The molecule has 0 aliphatic heterocycles. The van der Waals surface area contributed by atoms with Crippen LogP contribution in [0.4, 0.5) is 0 Å². The SMILES string of the molecule is CCCCn1nc(C(=O)NC(C)c2ccc(OC)c(OC)c2)ccc1=O. The number of hydrogen-bond acceptors (Lipinski definition) is 5. The van der Waals surface area contributed by atoms with Crippen LogP contribution in [0.2, 0.25) is 0 Å². The van der Waals surface area contributed by atoms with E-state index < -0.39 is 0 Å². The molecule has 140 valence electrons. The number of amides is 1. The zero-order valence-corrected chi connectivity index (χ0v) is 15.6. The fourth-order valence-electron chi connectivity index (χ4n) is 2.51. The lowest BCUT2D eigenvalue weighted by Crippen LogP contribution is -2.31. The number of aryl methyl sites for hydroxylation is 1. The molecule has 0 radical (unpaired) electrons. The van der Waals surface area contributed by atoms with Crippen LogP contribution >= 0.6 is 0 Å². The van der Waals surface area contributed by atoms with Crippen molar-refractivity contribution in [2.75, 3.05) is 14.2 Å². The first kappa shape index (κ1) is 19.5. The summed E-state index contributed by atoms with van der Waals surface area (Å²) in [6.07, 6.45) is 1.78. The maximum atomic E-state index is 12.5. The zero-order valence-electron chi connectivity index (χ0n) is 15.6. The Balaban J connectivity index is 2.15. The van der Waals surface area contributed by atoms with Gasteiger partial charge in [0.2, 0.25) is 0 Å². The third-order valence-electron chi connectivity index (χ3n) is 4.08. The molecule has 0 fully saturated rings. The molecule has 26 heavy (non-hydrogen) atoms. The third kappa shape index (κ3) is 4.62. The van der Waals surface area contributed by atoms with Gasteiger partial charge in [-0.15, -0.1) is 0 Å². The third-order valence-corrected chi connectivity index (χ3v) is 4.08. The largest absolute Gasteiger partial charge is 0.493 e. The topological polar surface area (TPSA) is 82.5 Å². The van der Waals surface area contributed by atoms with Gasteiger partial charge in [0.1, 0.15) is 5.69 Å². The monoisotopic (exact) mass is 359 g/mol. The fraction of sp³-hybridized carbons (Fsp3) is 0.421. The van der Waals surface area contributed by atoms with E-state index in [9.17, 15) is 9.59 Å². The maximum Gasteiger partial charge on any atom is 0.272 e. The van der Waals surface area contributed by atoms with Crippen LogP contribution in [0.5, 0.6) is 11.5 Å². The molecule has 1 heterocycles. The highest BCUT2D eigenvalue weighted by atomic mass is 16.5. The molecule has 0 aliphatic carbocycles. The summed E-state index contributed by atoms with van der Waals surface area (Å²) in [5, 5.41) is 7.06. The summed E-state index contributed by atoms with van der Waals surface area (Å²) < 4.78 is 11.9. The summed E-state index contributed by atoms with van der Waals surface area (Å²) in [6, 6.07) is 8.03. The van der Waals surface area contributed by atoms with Crippen molar-refractivity contribution in [3.8, 4) is 11.5 Å². The summed E-state index contributed by atoms with van der Waals surface area (Å²) in [5.74, 6) is 0.884. The van der Waals surface area contributed by atoms with Crippen LogP contribution < -0.4 is 20.3 Å². The number of carbonyl (C=O) groups excluding carboxylic acids is 1. The van der Waals surface area contributed by atoms with Crippen molar-refractivity contribution >= 4 is 5.91 Å². The standard InChI is InChI=1S/C19H25N3O4/c1-5-6-11-22-18(23)10-8-15(21-22)19(24)20-13(2)14-7-9-16(25-3)17(12-14)26-4/h7-10,12-13H,5-6,11H2,1-4H3,(H,20,24). The molecule has 7 heteroatoms. The van der Waals surface area contributed by atoms with E-state index in [1.165, 1.54) is 16.8 Å². The highest BCUT2D eigenvalue weighted by molar-refractivity contribution is 5.92. The molecule has 0 bridgehead atoms. The Morgan fingerprint density at radius 3 is 2.58 bits per heavy atom. The Labute approximate surface area is 152 Å². The summed E-state index contributed by atoms with van der Waals surface area (Å²) in [6.45, 7) is 4.40. The van der Waals surface area contributed by atoms with Gasteiger partial charge in [-0.1, -0.05) is 19.4 Å². The molecule has 0 saturated carbocycles. The summed E-state index contributed by atoms with van der Waals surface area (Å²) in [7, 11) is 3.14. The van der Waals surface area contributed by atoms with Crippen LogP contribution in [0.1, 0.15) is 48.8 Å². The van der Waals surface area contributed by atoms with Gasteiger partial charge < -0.3 is 14.8 Å². The van der Waals surface area contributed by atoms with Gasteiger partial charge in [0.05, 0.1) is 20.3 Å². The van der Waals surface area contributed by atoms with Gasteiger partial charge in [0.15, 0.2) is 11.5 Å². The number of carbonyl (C=O) groups is 1. The smallest absolute Gasteiger partial charge is 0.272 e. The second kappa shape index (κ2) is 9.03. The number of nitrogens with one attached hydrogen (secondary N) is 1. The molecule has 0 aliphatic rings. The Kier molecular flexibility index (Phi) is 6.77. The molecule has 1 N–H and O–H groups in total. The lowest BCUT2D eigenvalue weighted by Gasteiger charge is -2.16. The average molecular weight is 359 g/mol. The predicted octanol–water partition coefficient (Wildman–Crippen LogP) is 2.55. The van der Waals surface area contributed by atoms with Crippen molar-refractivity contribution < 1.29 is 14.3 Å². The zero-order chi connectivity index (χ0) is 19.1. The highest BCUT2D eigenvalue weighted by Gasteiger charge is 2.15. The van der Waals surface area contributed by atoms with Crippen molar-refractivity contribution in [2.45, 2.75) is 39.3 Å². The van der Waals surface area contributed by atoms with E-state index >= 15 is 0 Å². The van der Waals surface area contributed by atoms with E-state index in [1.807, 2.05) is 26.0 Å². The molecular weight excluding hydrogens is 334 g/mol. The molecule has 1 atom stereocenters. The number of aromatic nitrogens is 2. The van der Waals surface area contributed by atoms with Gasteiger partial charge in [0, 0.05) is 12.6 Å². The van der Waals surface area contributed by atoms with Crippen molar-refractivity contribution in [3.63, 3.8) is 0 Å².